The molecule has 28 heavy (non-hydrogen) atoms. The summed E-state index contributed by atoms with van der Waals surface area (Å²) < 4.78 is 34.3. The highest BCUT2D eigenvalue weighted by molar-refractivity contribution is 5.84. The molecular weight excluding hydrogens is 370 g/mol. The Morgan fingerprint density at radius 1 is 1.32 bits per heavy atom. The molecule has 1 amide bonds. The van der Waals surface area contributed by atoms with Crippen molar-refractivity contribution in [1.29, 1.82) is 0 Å². The molecule has 1 aromatic rings. The summed E-state index contributed by atoms with van der Waals surface area (Å²) in [5.41, 5.74) is -0.292. The third-order valence-corrected chi connectivity index (χ3v) is 5.45. The first-order chi connectivity index (χ1) is 13.2. The van der Waals surface area contributed by atoms with Crippen molar-refractivity contribution in [3.63, 3.8) is 0 Å². The van der Waals surface area contributed by atoms with Gasteiger partial charge in [-0.15, -0.1) is 0 Å². The maximum Gasteiger partial charge on any atom is 0.341 e. The second-order valence-corrected chi connectivity index (χ2v) is 7.78. The molecule has 1 spiro atoms. The third kappa shape index (κ3) is 4.60. The van der Waals surface area contributed by atoms with Crippen LogP contribution in [0.25, 0.3) is 0 Å². The van der Waals surface area contributed by atoms with Crippen molar-refractivity contribution in [1.82, 2.24) is 9.80 Å². The highest BCUT2D eigenvalue weighted by Gasteiger charge is 2.54. The van der Waals surface area contributed by atoms with E-state index in [0.29, 0.717) is 31.8 Å². The topological polar surface area (TPSA) is 70.1 Å². The molecule has 0 bridgehead atoms. The van der Waals surface area contributed by atoms with E-state index in [9.17, 15) is 18.4 Å². The molecule has 0 saturated carbocycles. The van der Waals surface area contributed by atoms with Crippen molar-refractivity contribution >= 4 is 11.9 Å². The average Bonchev–Trinajstić information content (AvgIpc) is 2.61. The smallest absolute Gasteiger partial charge is 0.341 e. The molecule has 0 radical (unpaired) electrons. The van der Waals surface area contributed by atoms with Gasteiger partial charge in [0.1, 0.15) is 5.75 Å². The minimum absolute atomic E-state index is 0.163. The van der Waals surface area contributed by atoms with E-state index in [0.717, 1.165) is 12.0 Å². The summed E-state index contributed by atoms with van der Waals surface area (Å²) in [6.45, 7) is 2.74. The molecule has 1 aromatic carbocycles. The molecule has 0 aliphatic carbocycles. The summed E-state index contributed by atoms with van der Waals surface area (Å²) in [5.74, 6) is -3.80. The van der Waals surface area contributed by atoms with E-state index in [1.54, 1.807) is 34.1 Å². The number of carbonyl (C=O) groups is 2. The normalized spacial score (nSPS) is 25.1. The van der Waals surface area contributed by atoms with Gasteiger partial charge in [-0.2, -0.15) is 0 Å². The van der Waals surface area contributed by atoms with Crippen LogP contribution in [0.5, 0.6) is 5.75 Å². The molecule has 3 rings (SSSR count). The van der Waals surface area contributed by atoms with E-state index in [2.05, 4.69) is 0 Å². The minimum Gasteiger partial charge on any atom is -0.482 e. The third-order valence-electron chi connectivity index (χ3n) is 5.45. The lowest BCUT2D eigenvalue weighted by Gasteiger charge is -2.49. The van der Waals surface area contributed by atoms with E-state index in [1.807, 2.05) is 6.92 Å². The predicted molar refractivity (Wildman–Crippen MR) is 98.3 cm³/mol. The maximum absolute atomic E-state index is 14.6. The van der Waals surface area contributed by atoms with Gasteiger partial charge in [0, 0.05) is 32.6 Å². The van der Waals surface area contributed by atoms with Gasteiger partial charge >= 0.3 is 5.97 Å². The lowest BCUT2D eigenvalue weighted by Crippen LogP contribution is -2.60. The van der Waals surface area contributed by atoms with E-state index in [1.165, 1.54) is 0 Å². The van der Waals surface area contributed by atoms with Crippen LogP contribution >= 0.6 is 0 Å². The number of hydrogen-bond donors (Lipinski definition) is 1. The lowest BCUT2D eigenvalue weighted by molar-refractivity contribution is -0.170. The highest BCUT2D eigenvalue weighted by Crippen LogP contribution is 2.45. The fourth-order valence-corrected chi connectivity index (χ4v) is 4.43. The summed E-state index contributed by atoms with van der Waals surface area (Å²) >= 11 is 0. The van der Waals surface area contributed by atoms with Crippen LogP contribution in [-0.4, -0.2) is 65.5 Å². The minimum atomic E-state index is -2.93. The number of nitrogens with zero attached hydrogens (tertiary/aromatic N) is 2. The van der Waals surface area contributed by atoms with Gasteiger partial charge in [0.2, 0.25) is 5.91 Å². The largest absolute Gasteiger partial charge is 0.482 e. The molecule has 1 atom stereocenters. The van der Waals surface area contributed by atoms with Crippen LogP contribution in [0, 0.1) is 5.41 Å². The number of amides is 1. The van der Waals surface area contributed by atoms with Crippen LogP contribution < -0.4 is 4.74 Å². The fraction of sp³-hybridized carbons (Fsp3) is 0.600. The van der Waals surface area contributed by atoms with Crippen LogP contribution in [0.3, 0.4) is 0 Å². The molecule has 2 heterocycles. The molecule has 2 fully saturated rings. The number of carboxylic acid groups (broad SMARTS) is 1. The highest BCUT2D eigenvalue weighted by atomic mass is 19.3. The zero-order valence-electron chi connectivity index (χ0n) is 16.0. The van der Waals surface area contributed by atoms with Gasteiger partial charge in [-0.05, 0) is 37.5 Å². The van der Waals surface area contributed by atoms with Crippen molar-refractivity contribution in [2.45, 2.75) is 38.7 Å². The first kappa shape index (κ1) is 20.5. The zero-order chi connectivity index (χ0) is 20.4. The number of carboxylic acids is 1. The van der Waals surface area contributed by atoms with Gasteiger partial charge in [-0.1, -0.05) is 12.1 Å². The number of carbonyl (C=O) groups excluding carboxylic acids is 1. The number of rotatable bonds is 6. The maximum atomic E-state index is 14.6. The van der Waals surface area contributed by atoms with Crippen LogP contribution in [0.2, 0.25) is 0 Å². The Morgan fingerprint density at radius 3 is 2.82 bits per heavy atom. The summed E-state index contributed by atoms with van der Waals surface area (Å²) in [6, 6.07) is 6.77. The Balaban J connectivity index is 1.76. The van der Waals surface area contributed by atoms with Crippen molar-refractivity contribution in [2.75, 3.05) is 32.8 Å². The van der Waals surface area contributed by atoms with Crippen molar-refractivity contribution in [3.8, 4) is 5.75 Å². The lowest BCUT2D eigenvalue weighted by atomic mass is 9.71. The molecule has 6 nitrogen and oxygen atoms in total. The summed E-state index contributed by atoms with van der Waals surface area (Å²) in [7, 11) is 0. The second-order valence-electron chi connectivity index (χ2n) is 7.78. The molecule has 154 valence electrons. The average molecular weight is 396 g/mol. The number of likely N-dealkylation sites (tertiary alicyclic amines) is 2. The quantitative estimate of drug-likeness (QED) is 0.801. The monoisotopic (exact) mass is 396 g/mol. The molecule has 0 aromatic heterocycles. The first-order valence-electron chi connectivity index (χ1n) is 9.56. The van der Waals surface area contributed by atoms with Gasteiger partial charge in [0.05, 0.1) is 12.0 Å². The Labute approximate surface area is 163 Å². The van der Waals surface area contributed by atoms with Crippen molar-refractivity contribution in [2.24, 2.45) is 5.41 Å². The number of aliphatic carboxylic acids is 1. The van der Waals surface area contributed by atoms with Crippen molar-refractivity contribution in [3.05, 3.63) is 29.8 Å². The van der Waals surface area contributed by atoms with Gasteiger partial charge in [-0.3, -0.25) is 9.69 Å². The standard InChI is InChI=1S/C20H26F2N2O4/c1-2-24-8-4-7-19(18(24)27)12-20(21,22)14-23(13-19)10-15-5-3-6-16(9-15)28-11-17(25)26/h3,5-6,9H,2,4,7-8,10-14H2,1H3,(H,25,26)/t19-/m1/s1. The Morgan fingerprint density at radius 2 is 2.11 bits per heavy atom. The first-order valence-corrected chi connectivity index (χ1v) is 9.56. The van der Waals surface area contributed by atoms with Crippen LogP contribution in [0.4, 0.5) is 8.78 Å². The Hall–Kier alpha value is -2.22. The van der Waals surface area contributed by atoms with Crippen LogP contribution in [0.15, 0.2) is 24.3 Å². The number of hydrogen-bond acceptors (Lipinski definition) is 4. The molecule has 2 saturated heterocycles. The van der Waals surface area contributed by atoms with E-state index in [4.69, 9.17) is 9.84 Å². The van der Waals surface area contributed by atoms with E-state index >= 15 is 0 Å². The van der Waals surface area contributed by atoms with E-state index in [-0.39, 0.29) is 12.5 Å². The number of benzene rings is 1. The molecule has 2 aliphatic heterocycles. The zero-order valence-corrected chi connectivity index (χ0v) is 16.0. The van der Waals surface area contributed by atoms with Crippen LogP contribution in [0.1, 0.15) is 31.7 Å². The second kappa shape index (κ2) is 8.03. The Bertz CT molecular complexity index is 743. The number of halogens is 2. The summed E-state index contributed by atoms with van der Waals surface area (Å²) in [5, 5.41) is 8.72. The van der Waals surface area contributed by atoms with Gasteiger partial charge in [0.25, 0.3) is 5.92 Å². The molecule has 8 heteroatoms. The summed E-state index contributed by atoms with van der Waals surface area (Å²) in [4.78, 5) is 26.9. The number of alkyl halides is 2. The van der Waals surface area contributed by atoms with E-state index < -0.39 is 36.9 Å². The Kier molecular flexibility index (Phi) is 5.88. The van der Waals surface area contributed by atoms with Gasteiger partial charge < -0.3 is 14.7 Å². The predicted octanol–water partition coefficient (Wildman–Crippen LogP) is 2.62. The number of ether oxygens (including phenoxy) is 1. The van der Waals surface area contributed by atoms with Gasteiger partial charge in [0.15, 0.2) is 6.61 Å². The van der Waals surface area contributed by atoms with Gasteiger partial charge in [-0.25, -0.2) is 13.6 Å². The molecular formula is C20H26F2N2O4. The van der Waals surface area contributed by atoms with Crippen molar-refractivity contribution < 1.29 is 28.2 Å². The number of piperidine rings is 2. The molecule has 0 unspecified atom stereocenters. The molecule has 2 aliphatic rings. The SMILES string of the molecule is CCN1CCC[C@@]2(CN(Cc3cccc(OCC(=O)O)c3)CC(F)(F)C2)C1=O. The van der Waals surface area contributed by atoms with Crippen LogP contribution in [-0.2, 0) is 16.1 Å². The summed E-state index contributed by atoms with van der Waals surface area (Å²) in [6.07, 6.45) is 0.825. The fourth-order valence-electron chi connectivity index (χ4n) is 4.43. The molecule has 1 N–H and O–H groups in total.